The minimum atomic E-state index is -0.362. The van der Waals surface area contributed by atoms with Crippen LogP contribution in [-0.4, -0.2) is 65.9 Å². The molecule has 2 rings (SSSR count). The van der Waals surface area contributed by atoms with Gasteiger partial charge in [-0.2, -0.15) is 0 Å². The van der Waals surface area contributed by atoms with E-state index in [2.05, 4.69) is 9.88 Å². The monoisotopic (exact) mass is 292 g/mol. The number of ketones is 1. The molecule has 2 heterocycles. The van der Waals surface area contributed by atoms with Gasteiger partial charge in [0.05, 0.1) is 0 Å². The van der Waals surface area contributed by atoms with Crippen LogP contribution in [0.2, 0.25) is 0 Å². The maximum atomic E-state index is 11.2. The van der Waals surface area contributed by atoms with Crippen LogP contribution in [0.15, 0.2) is 18.3 Å². The van der Waals surface area contributed by atoms with E-state index < -0.39 is 0 Å². The number of rotatable bonds is 5. The third kappa shape index (κ3) is 4.42. The number of urea groups is 1. The van der Waals surface area contributed by atoms with Crippen LogP contribution in [-0.2, 0) is 0 Å². The fourth-order valence-electron chi connectivity index (χ4n) is 2.18. The fourth-order valence-corrected chi connectivity index (χ4v) is 2.18. The summed E-state index contributed by atoms with van der Waals surface area (Å²) in [6.07, 6.45) is 1.57. The second kappa shape index (κ2) is 7.03. The molecule has 2 N–H and O–H groups in total. The number of hydrogen-bond acceptors (Lipinski definition) is 5. The van der Waals surface area contributed by atoms with Crippen LogP contribution >= 0.6 is 0 Å². The molecule has 21 heavy (non-hydrogen) atoms. The van der Waals surface area contributed by atoms with E-state index in [-0.39, 0.29) is 11.8 Å². The summed E-state index contributed by atoms with van der Waals surface area (Å²) < 4.78 is 5.63. The third-order valence-electron chi connectivity index (χ3n) is 3.45. The summed E-state index contributed by atoms with van der Waals surface area (Å²) in [6.45, 7) is 5.66. The summed E-state index contributed by atoms with van der Waals surface area (Å²) in [5, 5.41) is 0. The standard InChI is InChI=1S/C14H20N4O3/c1-11(19)13-10-12(2-3-16-13)21-9-8-17-4-6-18(7-5-17)14(15)20/h2-3,10H,4-9H2,1H3,(H2,15,20). The second-order valence-corrected chi connectivity index (χ2v) is 4.95. The Balaban J connectivity index is 1.74. The first-order chi connectivity index (χ1) is 10.1. The number of nitrogens with zero attached hydrogens (tertiary/aromatic N) is 3. The fraction of sp³-hybridized carbons (Fsp3) is 0.500. The second-order valence-electron chi connectivity index (χ2n) is 4.95. The molecule has 0 atom stereocenters. The van der Waals surface area contributed by atoms with Gasteiger partial charge in [-0.1, -0.05) is 0 Å². The molecule has 1 aromatic heterocycles. The van der Waals surface area contributed by atoms with Gasteiger partial charge >= 0.3 is 6.03 Å². The first kappa shape index (κ1) is 15.2. The van der Waals surface area contributed by atoms with E-state index in [1.807, 2.05) is 0 Å². The normalized spacial score (nSPS) is 15.8. The number of aromatic nitrogens is 1. The maximum absolute atomic E-state index is 11.2. The predicted octanol–water partition coefficient (Wildman–Crippen LogP) is 0.359. The number of pyridine rings is 1. The highest BCUT2D eigenvalue weighted by molar-refractivity contribution is 5.92. The predicted molar refractivity (Wildman–Crippen MR) is 77.3 cm³/mol. The van der Waals surface area contributed by atoms with Gasteiger partial charge in [0.25, 0.3) is 0 Å². The quantitative estimate of drug-likeness (QED) is 0.792. The average Bonchev–Trinajstić information content (AvgIpc) is 2.48. The van der Waals surface area contributed by atoms with Crippen molar-refractivity contribution in [1.29, 1.82) is 0 Å². The van der Waals surface area contributed by atoms with Crippen molar-refractivity contribution in [3.63, 3.8) is 0 Å². The summed E-state index contributed by atoms with van der Waals surface area (Å²) in [6, 6.07) is 3.02. The minimum absolute atomic E-state index is 0.0805. The first-order valence-electron chi connectivity index (χ1n) is 6.93. The van der Waals surface area contributed by atoms with Gasteiger partial charge in [0, 0.05) is 51.9 Å². The number of carbonyl (C=O) groups is 2. The Labute approximate surface area is 123 Å². The van der Waals surface area contributed by atoms with E-state index >= 15 is 0 Å². The SMILES string of the molecule is CC(=O)c1cc(OCCN2CCN(C(N)=O)CC2)ccn1. The molecule has 7 heteroatoms. The van der Waals surface area contributed by atoms with Crippen LogP contribution in [0.3, 0.4) is 0 Å². The van der Waals surface area contributed by atoms with Crippen molar-refractivity contribution in [1.82, 2.24) is 14.8 Å². The van der Waals surface area contributed by atoms with Crippen molar-refractivity contribution in [3.05, 3.63) is 24.0 Å². The molecule has 0 saturated carbocycles. The molecular weight excluding hydrogens is 272 g/mol. The lowest BCUT2D eigenvalue weighted by Gasteiger charge is -2.33. The molecule has 114 valence electrons. The van der Waals surface area contributed by atoms with Crippen molar-refractivity contribution in [2.24, 2.45) is 5.73 Å². The summed E-state index contributed by atoms with van der Waals surface area (Å²) in [5.74, 6) is 0.564. The van der Waals surface area contributed by atoms with E-state index in [0.717, 1.165) is 19.6 Å². The van der Waals surface area contributed by atoms with Crippen LogP contribution < -0.4 is 10.5 Å². The molecule has 0 aromatic carbocycles. The highest BCUT2D eigenvalue weighted by Gasteiger charge is 2.18. The highest BCUT2D eigenvalue weighted by atomic mass is 16.5. The highest BCUT2D eigenvalue weighted by Crippen LogP contribution is 2.11. The number of nitrogens with two attached hydrogens (primary N) is 1. The van der Waals surface area contributed by atoms with E-state index in [4.69, 9.17) is 10.5 Å². The molecule has 0 spiro atoms. The average molecular weight is 292 g/mol. The van der Waals surface area contributed by atoms with Crippen LogP contribution in [0.1, 0.15) is 17.4 Å². The van der Waals surface area contributed by atoms with Crippen molar-refractivity contribution in [2.75, 3.05) is 39.3 Å². The van der Waals surface area contributed by atoms with Crippen molar-refractivity contribution >= 4 is 11.8 Å². The van der Waals surface area contributed by atoms with E-state index in [1.54, 1.807) is 23.2 Å². The van der Waals surface area contributed by atoms with Gasteiger partial charge < -0.3 is 15.4 Å². The van der Waals surface area contributed by atoms with Crippen molar-refractivity contribution < 1.29 is 14.3 Å². The number of carbonyl (C=O) groups excluding carboxylic acids is 2. The summed E-state index contributed by atoms with van der Waals surface area (Å²) in [5.41, 5.74) is 5.64. The Morgan fingerprint density at radius 2 is 2.05 bits per heavy atom. The Morgan fingerprint density at radius 3 is 2.67 bits per heavy atom. The molecule has 1 saturated heterocycles. The van der Waals surface area contributed by atoms with Gasteiger partial charge in [0.1, 0.15) is 18.1 Å². The van der Waals surface area contributed by atoms with Gasteiger partial charge in [-0.05, 0) is 6.07 Å². The minimum Gasteiger partial charge on any atom is -0.492 e. The molecule has 0 aliphatic carbocycles. The molecule has 0 bridgehead atoms. The molecule has 1 fully saturated rings. The summed E-state index contributed by atoms with van der Waals surface area (Å²) >= 11 is 0. The number of primary amides is 1. The summed E-state index contributed by atoms with van der Waals surface area (Å²) in [7, 11) is 0. The number of piperazine rings is 1. The summed E-state index contributed by atoms with van der Waals surface area (Å²) in [4.78, 5) is 30.1. The van der Waals surface area contributed by atoms with Crippen molar-refractivity contribution in [3.8, 4) is 5.75 Å². The Morgan fingerprint density at radius 1 is 1.33 bits per heavy atom. The molecule has 1 aromatic rings. The van der Waals surface area contributed by atoms with Gasteiger partial charge in [0.2, 0.25) is 0 Å². The lowest BCUT2D eigenvalue weighted by Crippen LogP contribution is -2.51. The third-order valence-corrected chi connectivity index (χ3v) is 3.45. The van der Waals surface area contributed by atoms with E-state index in [1.165, 1.54) is 6.92 Å². The molecule has 1 aliphatic rings. The first-order valence-corrected chi connectivity index (χ1v) is 6.93. The smallest absolute Gasteiger partial charge is 0.314 e. The molecular formula is C14H20N4O3. The van der Waals surface area contributed by atoms with Gasteiger partial charge in [-0.3, -0.25) is 14.7 Å². The van der Waals surface area contributed by atoms with E-state index in [0.29, 0.717) is 31.1 Å². The zero-order chi connectivity index (χ0) is 15.2. The van der Waals surface area contributed by atoms with Crippen LogP contribution in [0.4, 0.5) is 4.79 Å². The zero-order valence-corrected chi connectivity index (χ0v) is 12.1. The number of amides is 2. The Bertz CT molecular complexity index is 513. The molecule has 2 amide bonds. The van der Waals surface area contributed by atoms with Crippen LogP contribution in [0, 0.1) is 0 Å². The largest absolute Gasteiger partial charge is 0.492 e. The number of Topliss-reactive ketones (excluding diaryl/α,β-unsaturated/α-hetero) is 1. The zero-order valence-electron chi connectivity index (χ0n) is 12.1. The Hall–Kier alpha value is -2.15. The van der Waals surface area contributed by atoms with E-state index in [9.17, 15) is 9.59 Å². The molecule has 0 radical (unpaired) electrons. The van der Waals surface area contributed by atoms with Gasteiger partial charge in [-0.25, -0.2) is 4.79 Å². The lowest BCUT2D eigenvalue weighted by molar-refractivity contribution is 0.101. The Kier molecular flexibility index (Phi) is 5.10. The number of ether oxygens (including phenoxy) is 1. The lowest BCUT2D eigenvalue weighted by atomic mass is 10.2. The topological polar surface area (TPSA) is 88.8 Å². The van der Waals surface area contributed by atoms with Gasteiger partial charge in [-0.15, -0.1) is 0 Å². The molecule has 0 unspecified atom stereocenters. The molecule has 1 aliphatic heterocycles. The van der Waals surface area contributed by atoms with Gasteiger partial charge in [0.15, 0.2) is 5.78 Å². The molecule has 7 nitrogen and oxygen atoms in total. The van der Waals surface area contributed by atoms with Crippen LogP contribution in [0.25, 0.3) is 0 Å². The van der Waals surface area contributed by atoms with Crippen LogP contribution in [0.5, 0.6) is 5.75 Å². The maximum Gasteiger partial charge on any atom is 0.314 e. The van der Waals surface area contributed by atoms with Crippen molar-refractivity contribution in [2.45, 2.75) is 6.92 Å². The number of hydrogen-bond donors (Lipinski definition) is 1.